The molecule has 0 fully saturated rings. The third-order valence-electron chi connectivity index (χ3n) is 2.00. The van der Waals surface area contributed by atoms with Crippen LogP contribution in [-0.4, -0.2) is 34.0 Å². The Morgan fingerprint density at radius 1 is 1.59 bits per heavy atom. The fourth-order valence-corrected chi connectivity index (χ4v) is 1.50. The van der Waals surface area contributed by atoms with E-state index in [4.69, 9.17) is 17.0 Å². The number of hydrogen-bond donors (Lipinski definition) is 2. The van der Waals surface area contributed by atoms with Gasteiger partial charge in [-0.25, -0.2) is 4.79 Å². The van der Waals surface area contributed by atoms with Crippen molar-refractivity contribution in [2.75, 3.05) is 18.5 Å². The molecule has 0 bridgehead atoms. The van der Waals surface area contributed by atoms with Gasteiger partial charge in [0.05, 0.1) is 12.8 Å². The Balaban J connectivity index is 2.86. The molecule has 0 aliphatic heterocycles. The van der Waals surface area contributed by atoms with Gasteiger partial charge in [0.25, 0.3) is 0 Å². The molecule has 1 rings (SSSR count). The number of nitrogens with zero attached hydrogens (tertiary/aromatic N) is 2. The first-order valence-electron chi connectivity index (χ1n) is 5.34. The second-order valence-corrected chi connectivity index (χ2v) is 3.64. The molecule has 94 valence electrons. The van der Waals surface area contributed by atoms with E-state index in [1.807, 2.05) is 6.92 Å². The standard InChI is InChI=1S/C10H16N4O2S/c1-4-11-10(17)13-8-7(6-12-14(8)3)9(15)16-5-2/h6H,4-5H2,1-3H3,(H2,11,13,17). The Morgan fingerprint density at radius 3 is 2.88 bits per heavy atom. The predicted molar refractivity (Wildman–Crippen MR) is 69.1 cm³/mol. The maximum Gasteiger partial charge on any atom is 0.343 e. The maximum absolute atomic E-state index is 11.6. The molecule has 17 heavy (non-hydrogen) atoms. The van der Waals surface area contributed by atoms with Gasteiger partial charge in [-0.15, -0.1) is 0 Å². The molecule has 1 heterocycles. The average Bonchev–Trinajstić information content (AvgIpc) is 2.61. The molecule has 0 saturated carbocycles. The molecule has 0 spiro atoms. The highest BCUT2D eigenvalue weighted by Crippen LogP contribution is 2.15. The summed E-state index contributed by atoms with van der Waals surface area (Å²) in [6, 6.07) is 0. The largest absolute Gasteiger partial charge is 0.462 e. The first-order chi connectivity index (χ1) is 8.10. The summed E-state index contributed by atoms with van der Waals surface area (Å²) in [5.41, 5.74) is 0.370. The lowest BCUT2D eigenvalue weighted by Gasteiger charge is -2.10. The van der Waals surface area contributed by atoms with Crippen LogP contribution in [0.15, 0.2) is 6.20 Å². The van der Waals surface area contributed by atoms with Crippen molar-refractivity contribution in [1.82, 2.24) is 15.1 Å². The highest BCUT2D eigenvalue weighted by atomic mass is 32.1. The molecule has 1 aromatic heterocycles. The van der Waals surface area contributed by atoms with Gasteiger partial charge in [0, 0.05) is 13.6 Å². The van der Waals surface area contributed by atoms with Crippen molar-refractivity contribution in [3.05, 3.63) is 11.8 Å². The number of carbonyl (C=O) groups excluding carboxylic acids is 1. The molecule has 0 radical (unpaired) electrons. The summed E-state index contributed by atoms with van der Waals surface area (Å²) in [6.45, 7) is 4.72. The second-order valence-electron chi connectivity index (χ2n) is 3.24. The van der Waals surface area contributed by atoms with Crippen LogP contribution in [0.25, 0.3) is 0 Å². The third kappa shape index (κ3) is 3.42. The fraction of sp³-hybridized carbons (Fsp3) is 0.500. The number of nitrogens with one attached hydrogen (secondary N) is 2. The Hall–Kier alpha value is -1.63. The van der Waals surface area contributed by atoms with E-state index in [0.717, 1.165) is 0 Å². The number of esters is 1. The summed E-state index contributed by atoms with van der Waals surface area (Å²) in [5, 5.41) is 10.3. The van der Waals surface area contributed by atoms with Crippen LogP contribution in [-0.2, 0) is 11.8 Å². The van der Waals surface area contributed by atoms with Gasteiger partial charge >= 0.3 is 5.97 Å². The molecule has 0 aromatic carbocycles. The summed E-state index contributed by atoms with van der Waals surface area (Å²) < 4.78 is 6.47. The maximum atomic E-state index is 11.6. The van der Waals surface area contributed by atoms with Crippen LogP contribution in [0.2, 0.25) is 0 Å². The number of aryl methyl sites for hydroxylation is 1. The van der Waals surface area contributed by atoms with Gasteiger partial charge < -0.3 is 15.4 Å². The SMILES string of the molecule is CCNC(=S)Nc1c(C(=O)OCC)cnn1C. The number of ether oxygens (including phenoxy) is 1. The van der Waals surface area contributed by atoms with E-state index in [0.29, 0.717) is 29.6 Å². The van der Waals surface area contributed by atoms with E-state index < -0.39 is 5.97 Å². The van der Waals surface area contributed by atoms with Gasteiger partial charge in [0.2, 0.25) is 0 Å². The van der Waals surface area contributed by atoms with E-state index in [1.165, 1.54) is 10.9 Å². The molecule has 0 saturated heterocycles. The summed E-state index contributed by atoms with van der Waals surface area (Å²) in [4.78, 5) is 11.6. The van der Waals surface area contributed by atoms with Crippen LogP contribution in [0.5, 0.6) is 0 Å². The van der Waals surface area contributed by atoms with Crippen molar-refractivity contribution in [2.24, 2.45) is 7.05 Å². The molecule has 0 amide bonds. The third-order valence-corrected chi connectivity index (χ3v) is 2.25. The first-order valence-corrected chi connectivity index (χ1v) is 5.74. The molecule has 0 aliphatic rings. The highest BCUT2D eigenvalue weighted by molar-refractivity contribution is 7.80. The van der Waals surface area contributed by atoms with Gasteiger partial charge in [-0.2, -0.15) is 5.10 Å². The Kier molecular flexibility index (Phi) is 4.89. The number of anilines is 1. The summed E-state index contributed by atoms with van der Waals surface area (Å²) >= 11 is 5.06. The molecule has 0 aliphatic carbocycles. The summed E-state index contributed by atoms with van der Waals surface area (Å²) in [5.74, 6) is 0.108. The van der Waals surface area contributed by atoms with E-state index in [1.54, 1.807) is 14.0 Å². The molecule has 1 aromatic rings. The number of aromatic nitrogens is 2. The van der Waals surface area contributed by atoms with E-state index in [2.05, 4.69) is 15.7 Å². The zero-order chi connectivity index (χ0) is 12.8. The average molecular weight is 256 g/mol. The lowest BCUT2D eigenvalue weighted by molar-refractivity contribution is 0.0527. The number of carbonyl (C=O) groups is 1. The van der Waals surface area contributed by atoms with E-state index in [-0.39, 0.29) is 0 Å². The summed E-state index contributed by atoms with van der Waals surface area (Å²) in [6.07, 6.45) is 1.45. The Morgan fingerprint density at radius 2 is 2.29 bits per heavy atom. The number of hydrogen-bond acceptors (Lipinski definition) is 4. The van der Waals surface area contributed by atoms with Crippen molar-refractivity contribution in [3.63, 3.8) is 0 Å². The minimum atomic E-state index is -0.414. The smallest absolute Gasteiger partial charge is 0.343 e. The molecular weight excluding hydrogens is 240 g/mol. The molecule has 6 nitrogen and oxygen atoms in total. The zero-order valence-electron chi connectivity index (χ0n) is 10.1. The van der Waals surface area contributed by atoms with Crippen molar-refractivity contribution < 1.29 is 9.53 Å². The van der Waals surface area contributed by atoms with Crippen LogP contribution in [0.1, 0.15) is 24.2 Å². The summed E-state index contributed by atoms with van der Waals surface area (Å²) in [7, 11) is 1.72. The Labute approximate surface area is 105 Å². The van der Waals surface area contributed by atoms with Crippen LogP contribution in [0.4, 0.5) is 5.82 Å². The highest BCUT2D eigenvalue weighted by Gasteiger charge is 2.17. The monoisotopic (exact) mass is 256 g/mol. The minimum absolute atomic E-state index is 0.324. The van der Waals surface area contributed by atoms with Crippen molar-refractivity contribution in [3.8, 4) is 0 Å². The number of rotatable bonds is 4. The van der Waals surface area contributed by atoms with Gasteiger partial charge in [-0.05, 0) is 26.1 Å². The molecule has 0 unspecified atom stereocenters. The van der Waals surface area contributed by atoms with Crippen LogP contribution >= 0.6 is 12.2 Å². The lowest BCUT2D eigenvalue weighted by atomic mass is 10.3. The van der Waals surface area contributed by atoms with Crippen molar-refractivity contribution >= 4 is 29.1 Å². The van der Waals surface area contributed by atoms with Gasteiger partial charge in [0.15, 0.2) is 5.11 Å². The van der Waals surface area contributed by atoms with Gasteiger partial charge in [-0.1, -0.05) is 0 Å². The lowest BCUT2D eigenvalue weighted by Crippen LogP contribution is -2.29. The fourth-order valence-electron chi connectivity index (χ4n) is 1.26. The van der Waals surface area contributed by atoms with E-state index >= 15 is 0 Å². The normalized spacial score (nSPS) is 9.82. The zero-order valence-corrected chi connectivity index (χ0v) is 10.9. The van der Waals surface area contributed by atoms with Gasteiger partial charge in [-0.3, -0.25) is 4.68 Å². The molecular formula is C10H16N4O2S. The van der Waals surface area contributed by atoms with Gasteiger partial charge in [0.1, 0.15) is 11.4 Å². The minimum Gasteiger partial charge on any atom is -0.462 e. The second kappa shape index (κ2) is 6.19. The van der Waals surface area contributed by atoms with Crippen LogP contribution in [0.3, 0.4) is 0 Å². The molecule has 2 N–H and O–H groups in total. The van der Waals surface area contributed by atoms with Crippen molar-refractivity contribution in [1.29, 1.82) is 0 Å². The van der Waals surface area contributed by atoms with E-state index in [9.17, 15) is 4.79 Å². The molecule has 0 atom stereocenters. The number of thiocarbonyl (C=S) groups is 1. The van der Waals surface area contributed by atoms with Crippen LogP contribution in [0, 0.1) is 0 Å². The predicted octanol–water partition coefficient (Wildman–Crippen LogP) is 0.903. The van der Waals surface area contributed by atoms with Crippen LogP contribution < -0.4 is 10.6 Å². The first kappa shape index (κ1) is 13.4. The molecule has 7 heteroatoms. The van der Waals surface area contributed by atoms with Crippen molar-refractivity contribution in [2.45, 2.75) is 13.8 Å². The Bertz CT molecular complexity index is 416. The topological polar surface area (TPSA) is 68.2 Å². The quantitative estimate of drug-likeness (QED) is 0.616.